The van der Waals surface area contributed by atoms with Gasteiger partial charge in [-0.3, -0.25) is 0 Å². The summed E-state index contributed by atoms with van der Waals surface area (Å²) in [6.45, 7) is 0. The van der Waals surface area contributed by atoms with Crippen molar-refractivity contribution < 1.29 is 4.52 Å². The van der Waals surface area contributed by atoms with E-state index in [4.69, 9.17) is 4.52 Å². The van der Waals surface area contributed by atoms with Gasteiger partial charge in [0.25, 0.3) is 0 Å². The smallest absolute Gasteiger partial charge is 0.233 e. The molecule has 1 aromatic carbocycles. The topological polar surface area (TPSA) is 51.8 Å². The summed E-state index contributed by atoms with van der Waals surface area (Å²) in [5, 5.41) is 9.13. The summed E-state index contributed by atoms with van der Waals surface area (Å²) >= 11 is 3.31. The Bertz CT molecular complexity index is 866. The van der Waals surface area contributed by atoms with Crippen LogP contribution in [0.4, 0.5) is 0 Å². The van der Waals surface area contributed by atoms with E-state index in [1.807, 2.05) is 36.4 Å². The van der Waals surface area contributed by atoms with Gasteiger partial charge in [-0.15, -0.1) is 22.7 Å². The molecule has 108 valence electrons. The van der Waals surface area contributed by atoms with Crippen LogP contribution in [0.5, 0.6) is 0 Å². The molecule has 6 heteroatoms. The minimum Gasteiger partial charge on any atom is -0.339 e. The molecular weight excluding hydrogens is 314 g/mol. The van der Waals surface area contributed by atoms with Crippen molar-refractivity contribution in [3.63, 3.8) is 0 Å². The van der Waals surface area contributed by atoms with Gasteiger partial charge in [0.05, 0.1) is 17.0 Å². The molecule has 0 aliphatic heterocycles. The van der Waals surface area contributed by atoms with Gasteiger partial charge in [-0.2, -0.15) is 4.98 Å². The van der Waals surface area contributed by atoms with Gasteiger partial charge in [-0.05, 0) is 11.4 Å². The zero-order valence-electron chi connectivity index (χ0n) is 11.5. The lowest BCUT2D eigenvalue weighted by Crippen LogP contribution is -1.88. The van der Waals surface area contributed by atoms with E-state index in [9.17, 15) is 0 Å². The lowest BCUT2D eigenvalue weighted by Gasteiger charge is -1.91. The maximum atomic E-state index is 5.33. The number of nitrogens with zero attached hydrogens (tertiary/aromatic N) is 3. The van der Waals surface area contributed by atoms with Crippen molar-refractivity contribution in [1.29, 1.82) is 0 Å². The lowest BCUT2D eigenvalue weighted by molar-refractivity contribution is 0.385. The fourth-order valence-electron chi connectivity index (χ4n) is 2.09. The van der Waals surface area contributed by atoms with Crippen LogP contribution in [0.25, 0.3) is 22.0 Å². The van der Waals surface area contributed by atoms with Crippen molar-refractivity contribution in [1.82, 2.24) is 15.1 Å². The summed E-state index contributed by atoms with van der Waals surface area (Å²) in [6.07, 6.45) is 0.565. The molecule has 0 unspecified atom stereocenters. The third-order valence-corrected chi connectivity index (χ3v) is 4.87. The van der Waals surface area contributed by atoms with Crippen molar-refractivity contribution in [3.05, 3.63) is 64.1 Å². The van der Waals surface area contributed by atoms with E-state index in [1.54, 1.807) is 22.7 Å². The van der Waals surface area contributed by atoms with Gasteiger partial charge >= 0.3 is 0 Å². The Balaban J connectivity index is 1.54. The molecule has 3 aromatic heterocycles. The molecule has 0 spiro atoms. The molecule has 0 N–H and O–H groups in total. The molecular formula is C16H11N3OS2. The van der Waals surface area contributed by atoms with Gasteiger partial charge in [0, 0.05) is 10.9 Å². The Kier molecular flexibility index (Phi) is 3.54. The second kappa shape index (κ2) is 5.82. The molecule has 4 aromatic rings. The van der Waals surface area contributed by atoms with Crippen LogP contribution in [0.3, 0.4) is 0 Å². The highest BCUT2D eigenvalue weighted by molar-refractivity contribution is 7.14. The standard InChI is InChI=1S/C16H11N3OS2/c1-2-5-11(6-3-1)16-18-14(20-19-16)9-15-17-12(10-22-15)13-7-4-8-21-13/h1-8,10H,9H2. The summed E-state index contributed by atoms with van der Waals surface area (Å²) in [6, 6.07) is 13.9. The van der Waals surface area contributed by atoms with Crippen molar-refractivity contribution in [2.75, 3.05) is 0 Å². The monoisotopic (exact) mass is 325 g/mol. The van der Waals surface area contributed by atoms with Gasteiger partial charge in [-0.1, -0.05) is 41.6 Å². The van der Waals surface area contributed by atoms with E-state index in [0.717, 1.165) is 16.3 Å². The molecule has 0 fully saturated rings. The number of hydrogen-bond acceptors (Lipinski definition) is 6. The fourth-order valence-corrected chi connectivity index (χ4v) is 3.64. The highest BCUT2D eigenvalue weighted by Gasteiger charge is 2.12. The third kappa shape index (κ3) is 2.70. The molecule has 0 atom stereocenters. The molecule has 4 rings (SSSR count). The average Bonchev–Trinajstić information content (AvgIpc) is 3.30. The zero-order chi connectivity index (χ0) is 14.8. The highest BCUT2D eigenvalue weighted by Crippen LogP contribution is 2.27. The van der Waals surface area contributed by atoms with E-state index in [2.05, 4.69) is 32.0 Å². The fraction of sp³-hybridized carbons (Fsp3) is 0.0625. The van der Waals surface area contributed by atoms with Crippen LogP contribution in [-0.4, -0.2) is 15.1 Å². The van der Waals surface area contributed by atoms with E-state index < -0.39 is 0 Å². The third-order valence-electron chi connectivity index (χ3n) is 3.13. The summed E-state index contributed by atoms with van der Waals surface area (Å²) in [4.78, 5) is 10.2. The van der Waals surface area contributed by atoms with Gasteiger partial charge < -0.3 is 4.52 Å². The van der Waals surface area contributed by atoms with Crippen molar-refractivity contribution in [3.8, 4) is 22.0 Å². The molecule has 0 amide bonds. The summed E-state index contributed by atoms with van der Waals surface area (Å²) < 4.78 is 5.33. The van der Waals surface area contributed by atoms with E-state index >= 15 is 0 Å². The van der Waals surface area contributed by atoms with Crippen LogP contribution < -0.4 is 0 Å². The molecule has 0 aliphatic rings. The molecule has 0 saturated heterocycles. The van der Waals surface area contributed by atoms with Crippen LogP contribution in [-0.2, 0) is 6.42 Å². The Labute approximate surface area is 135 Å². The quantitative estimate of drug-likeness (QED) is 0.554. The first-order valence-electron chi connectivity index (χ1n) is 6.75. The maximum absolute atomic E-state index is 5.33. The van der Waals surface area contributed by atoms with Crippen LogP contribution in [0.15, 0.2) is 57.7 Å². The van der Waals surface area contributed by atoms with E-state index in [-0.39, 0.29) is 0 Å². The maximum Gasteiger partial charge on any atom is 0.233 e. The van der Waals surface area contributed by atoms with Gasteiger partial charge in [0.1, 0.15) is 5.01 Å². The molecule has 3 heterocycles. The molecule has 4 nitrogen and oxygen atoms in total. The lowest BCUT2D eigenvalue weighted by atomic mass is 10.2. The first-order chi connectivity index (χ1) is 10.9. The van der Waals surface area contributed by atoms with E-state index in [0.29, 0.717) is 18.1 Å². The number of benzene rings is 1. The van der Waals surface area contributed by atoms with Gasteiger partial charge in [-0.25, -0.2) is 4.98 Å². The number of thiazole rings is 1. The second-order valence-corrected chi connectivity index (χ2v) is 6.55. The Morgan fingerprint density at radius 3 is 2.68 bits per heavy atom. The molecule has 0 aliphatic carbocycles. The first-order valence-corrected chi connectivity index (χ1v) is 8.51. The zero-order valence-corrected chi connectivity index (χ0v) is 13.1. The Morgan fingerprint density at radius 2 is 1.86 bits per heavy atom. The van der Waals surface area contributed by atoms with Gasteiger partial charge in [0.15, 0.2) is 0 Å². The van der Waals surface area contributed by atoms with Crippen LogP contribution >= 0.6 is 22.7 Å². The van der Waals surface area contributed by atoms with E-state index in [1.165, 1.54) is 4.88 Å². The van der Waals surface area contributed by atoms with Crippen LogP contribution in [0, 0.1) is 0 Å². The van der Waals surface area contributed by atoms with Crippen molar-refractivity contribution in [2.45, 2.75) is 6.42 Å². The van der Waals surface area contributed by atoms with Crippen LogP contribution in [0.1, 0.15) is 10.9 Å². The van der Waals surface area contributed by atoms with Crippen molar-refractivity contribution >= 4 is 22.7 Å². The first kappa shape index (κ1) is 13.4. The minimum absolute atomic E-state index is 0.565. The SMILES string of the molecule is c1ccc(-c2noc(Cc3nc(-c4cccs4)cs3)n2)cc1. The predicted octanol–water partition coefficient (Wildman–Crippen LogP) is 4.51. The number of thiophene rings is 1. The second-order valence-electron chi connectivity index (χ2n) is 4.66. The largest absolute Gasteiger partial charge is 0.339 e. The Morgan fingerprint density at radius 1 is 0.955 bits per heavy atom. The summed E-state index contributed by atoms with van der Waals surface area (Å²) in [5.41, 5.74) is 1.97. The predicted molar refractivity (Wildman–Crippen MR) is 88.0 cm³/mol. The normalized spacial score (nSPS) is 10.9. The number of aromatic nitrogens is 3. The minimum atomic E-state index is 0.565. The molecule has 0 saturated carbocycles. The number of hydrogen-bond donors (Lipinski definition) is 0. The number of rotatable bonds is 4. The average molecular weight is 325 g/mol. The van der Waals surface area contributed by atoms with Gasteiger partial charge in [0.2, 0.25) is 11.7 Å². The van der Waals surface area contributed by atoms with Crippen LogP contribution in [0.2, 0.25) is 0 Å². The summed E-state index contributed by atoms with van der Waals surface area (Å²) in [5.74, 6) is 1.21. The molecule has 22 heavy (non-hydrogen) atoms. The van der Waals surface area contributed by atoms with Crippen molar-refractivity contribution in [2.24, 2.45) is 0 Å². The highest BCUT2D eigenvalue weighted by atomic mass is 32.1. The molecule has 0 bridgehead atoms. The molecule has 0 radical (unpaired) electrons. The Hall–Kier alpha value is -2.31. The summed E-state index contributed by atoms with van der Waals surface area (Å²) in [7, 11) is 0.